The van der Waals surface area contributed by atoms with Crippen molar-refractivity contribution in [1.29, 1.82) is 0 Å². The Kier molecular flexibility index (Phi) is 7.85. The average molecular weight is 454 g/mol. The normalized spacial score (nSPS) is 10.6. The van der Waals surface area contributed by atoms with Crippen LogP contribution in [0, 0.1) is 0 Å². The number of rotatable bonds is 10. The van der Waals surface area contributed by atoms with E-state index in [1.807, 2.05) is 6.92 Å². The van der Waals surface area contributed by atoms with Gasteiger partial charge in [0.2, 0.25) is 5.91 Å². The molecule has 0 aliphatic carbocycles. The van der Waals surface area contributed by atoms with E-state index in [2.05, 4.69) is 15.6 Å². The quantitative estimate of drug-likeness (QED) is 0.418. The van der Waals surface area contributed by atoms with Gasteiger partial charge in [-0.15, -0.1) is 0 Å². The number of nitrogens with zero attached hydrogens (tertiary/aromatic N) is 1. The van der Waals surface area contributed by atoms with Crippen LogP contribution in [-0.2, 0) is 22.7 Å². The minimum absolute atomic E-state index is 0.0564. The first-order valence-electron chi connectivity index (χ1n) is 10.5. The molecule has 1 aromatic heterocycles. The standard InChI is InChI=1S/C23H26N4O6/c1-3-24-21(29)14-33-18-9-8-15(12-19(18)32-2)13-25-20(28)10-11-27-17-7-5-4-6-16(17)22(30)26-23(27)31/h4-9,12H,3,10-11,13-14H2,1-2H3,(H,24,29)(H,25,28)(H,26,30,31). The molecule has 0 bridgehead atoms. The summed E-state index contributed by atoms with van der Waals surface area (Å²) in [7, 11) is 1.49. The van der Waals surface area contributed by atoms with Gasteiger partial charge in [0.15, 0.2) is 18.1 Å². The number of nitrogens with one attached hydrogen (secondary N) is 3. The van der Waals surface area contributed by atoms with Crippen LogP contribution in [-0.4, -0.2) is 41.6 Å². The maximum atomic E-state index is 12.4. The molecule has 0 unspecified atom stereocenters. The molecule has 0 saturated heterocycles. The molecule has 3 rings (SSSR count). The van der Waals surface area contributed by atoms with E-state index < -0.39 is 11.2 Å². The predicted molar refractivity (Wildman–Crippen MR) is 122 cm³/mol. The van der Waals surface area contributed by atoms with E-state index in [1.165, 1.54) is 11.7 Å². The van der Waals surface area contributed by atoms with E-state index in [0.29, 0.717) is 28.9 Å². The van der Waals surface area contributed by atoms with Crippen LogP contribution in [0.3, 0.4) is 0 Å². The van der Waals surface area contributed by atoms with Crippen molar-refractivity contribution in [2.45, 2.75) is 26.4 Å². The van der Waals surface area contributed by atoms with Gasteiger partial charge >= 0.3 is 5.69 Å². The van der Waals surface area contributed by atoms with Gasteiger partial charge in [0, 0.05) is 26.1 Å². The largest absolute Gasteiger partial charge is 0.493 e. The second-order valence-electron chi connectivity index (χ2n) is 7.18. The van der Waals surface area contributed by atoms with Crippen LogP contribution in [0.2, 0.25) is 0 Å². The molecule has 3 aromatic rings. The van der Waals surface area contributed by atoms with Crippen LogP contribution >= 0.6 is 0 Å². The van der Waals surface area contributed by atoms with Crippen LogP contribution in [0.25, 0.3) is 10.9 Å². The zero-order valence-electron chi connectivity index (χ0n) is 18.5. The number of para-hydroxylation sites is 1. The lowest BCUT2D eigenvalue weighted by Gasteiger charge is -2.13. The van der Waals surface area contributed by atoms with Crippen molar-refractivity contribution in [3.8, 4) is 11.5 Å². The fourth-order valence-electron chi connectivity index (χ4n) is 3.30. The zero-order valence-corrected chi connectivity index (χ0v) is 18.5. The van der Waals surface area contributed by atoms with Gasteiger partial charge in [-0.2, -0.15) is 0 Å². The lowest BCUT2D eigenvalue weighted by molar-refractivity contribution is -0.123. The molecule has 1 heterocycles. The molecule has 174 valence electrons. The third-order valence-corrected chi connectivity index (χ3v) is 4.92. The topological polar surface area (TPSA) is 132 Å². The van der Waals surface area contributed by atoms with Crippen LogP contribution < -0.4 is 31.4 Å². The number of hydrogen-bond acceptors (Lipinski definition) is 6. The molecule has 2 amide bonds. The summed E-state index contributed by atoms with van der Waals surface area (Å²) in [6.45, 7) is 2.58. The Morgan fingerprint density at radius 3 is 2.58 bits per heavy atom. The molecule has 2 aromatic carbocycles. The molecule has 0 aliphatic rings. The summed E-state index contributed by atoms with van der Waals surface area (Å²) >= 11 is 0. The highest BCUT2D eigenvalue weighted by Gasteiger charge is 2.11. The minimum atomic E-state index is -0.556. The molecule has 0 radical (unpaired) electrons. The Bertz CT molecular complexity index is 1260. The lowest BCUT2D eigenvalue weighted by Crippen LogP contribution is -2.32. The lowest BCUT2D eigenvalue weighted by atomic mass is 10.2. The molecule has 0 saturated carbocycles. The predicted octanol–water partition coefficient (Wildman–Crippen LogP) is 0.920. The van der Waals surface area contributed by atoms with Gasteiger partial charge in [0.25, 0.3) is 11.5 Å². The Hall–Kier alpha value is -4.08. The summed E-state index contributed by atoms with van der Waals surface area (Å²) in [5, 5.41) is 5.83. The number of aromatic amines is 1. The van der Waals surface area contributed by atoms with E-state index in [0.717, 1.165) is 5.56 Å². The van der Waals surface area contributed by atoms with E-state index in [-0.39, 0.29) is 37.9 Å². The van der Waals surface area contributed by atoms with E-state index in [4.69, 9.17) is 9.47 Å². The third-order valence-electron chi connectivity index (χ3n) is 4.92. The average Bonchev–Trinajstić information content (AvgIpc) is 2.81. The second kappa shape index (κ2) is 11.0. The van der Waals surface area contributed by atoms with Crippen LogP contribution in [0.5, 0.6) is 11.5 Å². The zero-order chi connectivity index (χ0) is 23.8. The molecule has 10 nitrogen and oxygen atoms in total. The number of benzene rings is 2. The summed E-state index contributed by atoms with van der Waals surface area (Å²) in [5.41, 5.74) is 0.243. The highest BCUT2D eigenvalue weighted by Crippen LogP contribution is 2.28. The number of H-pyrrole nitrogens is 1. The number of aromatic nitrogens is 2. The van der Waals surface area contributed by atoms with Crippen molar-refractivity contribution in [3.05, 3.63) is 68.9 Å². The number of fused-ring (bicyclic) bond motifs is 1. The first-order valence-corrected chi connectivity index (χ1v) is 10.5. The van der Waals surface area contributed by atoms with Gasteiger partial charge in [0.05, 0.1) is 18.0 Å². The van der Waals surface area contributed by atoms with Gasteiger partial charge in [-0.1, -0.05) is 18.2 Å². The van der Waals surface area contributed by atoms with Crippen molar-refractivity contribution in [1.82, 2.24) is 20.2 Å². The van der Waals surface area contributed by atoms with Crippen molar-refractivity contribution in [2.75, 3.05) is 20.3 Å². The van der Waals surface area contributed by atoms with Gasteiger partial charge in [0.1, 0.15) is 0 Å². The van der Waals surface area contributed by atoms with Crippen LogP contribution in [0.15, 0.2) is 52.1 Å². The van der Waals surface area contributed by atoms with Crippen molar-refractivity contribution in [3.63, 3.8) is 0 Å². The maximum absolute atomic E-state index is 12.4. The van der Waals surface area contributed by atoms with Crippen molar-refractivity contribution >= 4 is 22.7 Å². The fourth-order valence-corrected chi connectivity index (χ4v) is 3.30. The van der Waals surface area contributed by atoms with E-state index in [9.17, 15) is 19.2 Å². The fraction of sp³-hybridized carbons (Fsp3) is 0.304. The number of carbonyl (C=O) groups is 2. The third kappa shape index (κ3) is 6.00. The summed E-state index contributed by atoms with van der Waals surface area (Å²) in [6.07, 6.45) is 0.0564. The number of aryl methyl sites for hydroxylation is 1. The van der Waals surface area contributed by atoms with Crippen molar-refractivity contribution < 1.29 is 19.1 Å². The number of amides is 2. The monoisotopic (exact) mass is 454 g/mol. The smallest absolute Gasteiger partial charge is 0.328 e. The highest BCUT2D eigenvalue weighted by atomic mass is 16.5. The summed E-state index contributed by atoms with van der Waals surface area (Å²) in [4.78, 5) is 50.4. The Morgan fingerprint density at radius 1 is 1.03 bits per heavy atom. The van der Waals surface area contributed by atoms with Crippen LogP contribution in [0.4, 0.5) is 0 Å². The van der Waals surface area contributed by atoms with E-state index >= 15 is 0 Å². The summed E-state index contributed by atoms with van der Waals surface area (Å²) in [6, 6.07) is 11.9. The van der Waals surface area contributed by atoms with Crippen molar-refractivity contribution in [2.24, 2.45) is 0 Å². The minimum Gasteiger partial charge on any atom is -0.493 e. The van der Waals surface area contributed by atoms with E-state index in [1.54, 1.807) is 42.5 Å². The summed E-state index contributed by atoms with van der Waals surface area (Å²) < 4.78 is 12.2. The Labute approximate surface area is 189 Å². The Balaban J connectivity index is 1.59. The number of methoxy groups -OCH3 is 1. The number of carbonyl (C=O) groups excluding carboxylic acids is 2. The first-order chi connectivity index (χ1) is 15.9. The molecular formula is C23H26N4O6. The van der Waals surface area contributed by atoms with Gasteiger partial charge in [-0.05, 0) is 36.8 Å². The number of ether oxygens (including phenoxy) is 2. The molecule has 0 fully saturated rings. The molecule has 3 N–H and O–H groups in total. The van der Waals surface area contributed by atoms with Gasteiger partial charge in [-0.3, -0.25) is 23.9 Å². The van der Waals surface area contributed by atoms with Gasteiger partial charge in [-0.25, -0.2) is 4.79 Å². The Morgan fingerprint density at radius 2 is 1.82 bits per heavy atom. The molecular weight excluding hydrogens is 428 g/mol. The van der Waals surface area contributed by atoms with Crippen LogP contribution in [0.1, 0.15) is 18.9 Å². The first kappa shape index (κ1) is 23.6. The SMILES string of the molecule is CCNC(=O)COc1ccc(CNC(=O)CCn2c(=O)[nH]c(=O)c3ccccc32)cc1OC. The summed E-state index contributed by atoms with van der Waals surface area (Å²) in [5.74, 6) is 0.374. The maximum Gasteiger partial charge on any atom is 0.328 e. The molecule has 0 atom stereocenters. The molecule has 10 heteroatoms. The molecule has 0 aliphatic heterocycles. The van der Waals surface area contributed by atoms with Gasteiger partial charge < -0.3 is 20.1 Å². The highest BCUT2D eigenvalue weighted by molar-refractivity contribution is 5.79. The molecule has 0 spiro atoms. The number of likely N-dealkylation sites (N-methyl/N-ethyl adjacent to an activating group) is 1. The molecule has 33 heavy (non-hydrogen) atoms. The number of hydrogen-bond donors (Lipinski definition) is 3. The second-order valence-corrected chi connectivity index (χ2v) is 7.18.